The van der Waals surface area contributed by atoms with Crippen LogP contribution in [0, 0.1) is 0 Å². The summed E-state index contributed by atoms with van der Waals surface area (Å²) in [6.45, 7) is 0.667. The van der Waals surface area contributed by atoms with E-state index in [0.717, 1.165) is 6.42 Å². The number of carbonyl (C=O) groups excluding carboxylic acids is 2. The van der Waals surface area contributed by atoms with Crippen LogP contribution < -0.4 is 10.2 Å². The van der Waals surface area contributed by atoms with Gasteiger partial charge in [-0.05, 0) is 42.8 Å². The van der Waals surface area contributed by atoms with Gasteiger partial charge in [0, 0.05) is 24.2 Å². The molecule has 24 heavy (non-hydrogen) atoms. The number of nitrogens with zero attached hydrogens (tertiary/aromatic N) is 1. The van der Waals surface area contributed by atoms with Gasteiger partial charge in [0.1, 0.15) is 0 Å². The third-order valence-electron chi connectivity index (χ3n) is 3.77. The molecular formula is C17H13Cl3N2O2. The Bertz CT molecular complexity index is 823. The Balaban J connectivity index is 1.84. The van der Waals surface area contributed by atoms with Crippen molar-refractivity contribution in [3.63, 3.8) is 0 Å². The minimum absolute atomic E-state index is 0.0686. The molecule has 124 valence electrons. The van der Waals surface area contributed by atoms with E-state index >= 15 is 0 Å². The zero-order valence-electron chi connectivity index (χ0n) is 12.5. The van der Waals surface area contributed by atoms with Gasteiger partial charge in [0.2, 0.25) is 5.91 Å². The molecule has 0 aliphatic carbocycles. The molecule has 2 aromatic carbocycles. The minimum atomic E-state index is -0.361. The van der Waals surface area contributed by atoms with Gasteiger partial charge in [0.15, 0.2) is 0 Å². The van der Waals surface area contributed by atoms with Gasteiger partial charge in [0.05, 0.1) is 20.8 Å². The number of hydrogen-bond acceptors (Lipinski definition) is 2. The SMILES string of the molecule is O=C(Nc1cc(N2CCCC2=O)ccc1Cl)c1ccc(Cl)c(Cl)c1. The first kappa shape index (κ1) is 17.1. The summed E-state index contributed by atoms with van der Waals surface area (Å²) in [5.41, 5.74) is 1.51. The van der Waals surface area contributed by atoms with E-state index in [1.165, 1.54) is 6.07 Å². The summed E-state index contributed by atoms with van der Waals surface area (Å²) in [6, 6.07) is 9.74. The molecule has 0 atom stereocenters. The van der Waals surface area contributed by atoms with Crippen LogP contribution in [0.2, 0.25) is 15.1 Å². The lowest BCUT2D eigenvalue weighted by Crippen LogP contribution is -2.23. The predicted octanol–water partition coefficient (Wildman–Crippen LogP) is 5.03. The topological polar surface area (TPSA) is 49.4 Å². The average Bonchev–Trinajstić information content (AvgIpc) is 2.98. The standard InChI is InChI=1S/C17H13Cl3N2O2/c18-12-5-3-10(8-14(12)20)17(24)21-15-9-11(4-6-13(15)19)22-7-1-2-16(22)23/h3-6,8-9H,1-2,7H2,(H,21,24). The van der Waals surface area contributed by atoms with Gasteiger partial charge in [-0.15, -0.1) is 0 Å². The molecule has 0 spiro atoms. The Kier molecular flexibility index (Phi) is 4.99. The second kappa shape index (κ2) is 7.01. The van der Waals surface area contributed by atoms with Crippen LogP contribution in [0.5, 0.6) is 0 Å². The lowest BCUT2D eigenvalue weighted by Gasteiger charge is -2.17. The first-order valence-corrected chi connectivity index (χ1v) is 8.45. The monoisotopic (exact) mass is 382 g/mol. The Hall–Kier alpha value is -1.75. The van der Waals surface area contributed by atoms with Gasteiger partial charge in [-0.1, -0.05) is 34.8 Å². The number of halogens is 3. The number of rotatable bonds is 3. The van der Waals surface area contributed by atoms with E-state index < -0.39 is 0 Å². The molecule has 0 saturated carbocycles. The van der Waals surface area contributed by atoms with E-state index in [4.69, 9.17) is 34.8 Å². The Morgan fingerprint density at radius 2 is 1.75 bits per heavy atom. The molecule has 2 aromatic rings. The van der Waals surface area contributed by atoms with Gasteiger partial charge in [-0.3, -0.25) is 9.59 Å². The zero-order chi connectivity index (χ0) is 17.3. The van der Waals surface area contributed by atoms with Crippen molar-refractivity contribution in [3.8, 4) is 0 Å². The maximum absolute atomic E-state index is 12.4. The molecule has 1 aliphatic rings. The maximum atomic E-state index is 12.4. The highest BCUT2D eigenvalue weighted by Crippen LogP contribution is 2.30. The summed E-state index contributed by atoms with van der Waals surface area (Å²) in [4.78, 5) is 25.9. The zero-order valence-corrected chi connectivity index (χ0v) is 14.8. The Morgan fingerprint density at radius 1 is 1.00 bits per heavy atom. The molecule has 1 N–H and O–H groups in total. The van der Waals surface area contributed by atoms with Crippen molar-refractivity contribution in [3.05, 3.63) is 57.0 Å². The molecular weight excluding hydrogens is 371 g/mol. The Labute approximate surface area is 154 Å². The van der Waals surface area contributed by atoms with Crippen molar-refractivity contribution in [2.75, 3.05) is 16.8 Å². The molecule has 1 heterocycles. The second-order valence-electron chi connectivity index (χ2n) is 5.40. The largest absolute Gasteiger partial charge is 0.321 e. The number of hydrogen-bond donors (Lipinski definition) is 1. The van der Waals surface area contributed by atoms with Crippen molar-refractivity contribution in [2.24, 2.45) is 0 Å². The van der Waals surface area contributed by atoms with E-state index in [2.05, 4.69) is 5.32 Å². The molecule has 3 rings (SSSR count). The fraction of sp³-hybridized carbons (Fsp3) is 0.176. The summed E-state index contributed by atoms with van der Waals surface area (Å²) >= 11 is 18.0. The molecule has 1 aliphatic heterocycles. The molecule has 4 nitrogen and oxygen atoms in total. The van der Waals surface area contributed by atoms with E-state index in [-0.39, 0.29) is 11.8 Å². The van der Waals surface area contributed by atoms with Gasteiger partial charge in [0.25, 0.3) is 5.91 Å². The van der Waals surface area contributed by atoms with E-state index in [0.29, 0.717) is 45.0 Å². The third-order valence-corrected chi connectivity index (χ3v) is 4.83. The minimum Gasteiger partial charge on any atom is -0.321 e. The van der Waals surface area contributed by atoms with E-state index in [1.807, 2.05) is 0 Å². The summed E-state index contributed by atoms with van der Waals surface area (Å²) in [5.74, 6) is -0.292. The molecule has 0 bridgehead atoms. The fourth-order valence-electron chi connectivity index (χ4n) is 2.53. The molecule has 0 radical (unpaired) electrons. The number of benzene rings is 2. The van der Waals surface area contributed by atoms with Crippen LogP contribution in [0.4, 0.5) is 11.4 Å². The number of nitrogens with one attached hydrogen (secondary N) is 1. The van der Waals surface area contributed by atoms with Crippen LogP contribution in [-0.2, 0) is 4.79 Å². The fourth-order valence-corrected chi connectivity index (χ4v) is 2.99. The Morgan fingerprint density at radius 3 is 2.42 bits per heavy atom. The summed E-state index contributed by atoms with van der Waals surface area (Å²) < 4.78 is 0. The normalized spacial score (nSPS) is 14.1. The first-order chi connectivity index (χ1) is 11.5. The van der Waals surface area contributed by atoms with Gasteiger partial charge in [-0.25, -0.2) is 0 Å². The number of anilines is 2. The quantitative estimate of drug-likeness (QED) is 0.808. The molecule has 1 fully saturated rings. The molecule has 0 aromatic heterocycles. The van der Waals surface area contributed by atoms with Gasteiger partial charge < -0.3 is 10.2 Å². The molecule has 1 saturated heterocycles. The highest BCUT2D eigenvalue weighted by atomic mass is 35.5. The van der Waals surface area contributed by atoms with E-state index in [9.17, 15) is 9.59 Å². The van der Waals surface area contributed by atoms with Crippen LogP contribution in [0.3, 0.4) is 0 Å². The van der Waals surface area contributed by atoms with Crippen molar-refractivity contribution in [2.45, 2.75) is 12.8 Å². The van der Waals surface area contributed by atoms with Crippen LogP contribution >= 0.6 is 34.8 Å². The maximum Gasteiger partial charge on any atom is 0.255 e. The highest BCUT2D eigenvalue weighted by molar-refractivity contribution is 6.42. The van der Waals surface area contributed by atoms with E-state index in [1.54, 1.807) is 35.2 Å². The van der Waals surface area contributed by atoms with Crippen molar-refractivity contribution in [1.29, 1.82) is 0 Å². The molecule has 7 heteroatoms. The molecule has 0 unspecified atom stereocenters. The predicted molar refractivity (Wildman–Crippen MR) is 97.5 cm³/mol. The number of carbonyl (C=O) groups is 2. The number of amides is 2. The summed E-state index contributed by atoms with van der Waals surface area (Å²) in [5, 5.41) is 3.80. The van der Waals surface area contributed by atoms with Crippen molar-refractivity contribution < 1.29 is 9.59 Å². The second-order valence-corrected chi connectivity index (χ2v) is 6.62. The van der Waals surface area contributed by atoms with Gasteiger partial charge >= 0.3 is 0 Å². The summed E-state index contributed by atoms with van der Waals surface area (Å²) in [7, 11) is 0. The highest BCUT2D eigenvalue weighted by Gasteiger charge is 2.22. The first-order valence-electron chi connectivity index (χ1n) is 7.32. The van der Waals surface area contributed by atoms with Crippen molar-refractivity contribution in [1.82, 2.24) is 0 Å². The van der Waals surface area contributed by atoms with Crippen LogP contribution in [0.1, 0.15) is 23.2 Å². The van der Waals surface area contributed by atoms with Gasteiger partial charge in [-0.2, -0.15) is 0 Å². The van der Waals surface area contributed by atoms with Crippen molar-refractivity contribution >= 4 is 58.0 Å². The smallest absolute Gasteiger partial charge is 0.255 e. The molecule has 2 amide bonds. The van der Waals surface area contributed by atoms with Crippen LogP contribution in [0.25, 0.3) is 0 Å². The summed E-state index contributed by atoms with van der Waals surface area (Å²) in [6.07, 6.45) is 1.36. The lowest BCUT2D eigenvalue weighted by atomic mass is 10.2. The van der Waals surface area contributed by atoms with Crippen LogP contribution in [-0.4, -0.2) is 18.4 Å². The third kappa shape index (κ3) is 3.51. The lowest BCUT2D eigenvalue weighted by molar-refractivity contribution is -0.117. The average molecular weight is 384 g/mol. The van der Waals surface area contributed by atoms with Crippen LogP contribution in [0.15, 0.2) is 36.4 Å².